The molecule has 1 amide bonds. The zero-order chi connectivity index (χ0) is 22.0. The summed E-state index contributed by atoms with van der Waals surface area (Å²) in [5.41, 5.74) is 3.02. The molecule has 1 aliphatic carbocycles. The molecule has 0 bridgehead atoms. The van der Waals surface area contributed by atoms with E-state index in [9.17, 15) is 19.2 Å². The van der Waals surface area contributed by atoms with Crippen LogP contribution in [0.2, 0.25) is 0 Å². The lowest BCUT2D eigenvalue weighted by Gasteiger charge is -2.20. The molecule has 0 saturated heterocycles. The highest BCUT2D eigenvalue weighted by Gasteiger charge is 2.31. The minimum Gasteiger partial charge on any atom is -0.455 e. The number of ketones is 2. The van der Waals surface area contributed by atoms with Gasteiger partial charge in [0.1, 0.15) is 0 Å². The molecule has 0 fully saturated rings. The summed E-state index contributed by atoms with van der Waals surface area (Å²) in [5, 5.41) is 2.59. The molecule has 0 spiro atoms. The number of rotatable bonds is 5. The molecule has 3 aromatic rings. The van der Waals surface area contributed by atoms with Crippen molar-refractivity contribution in [3.8, 4) is 0 Å². The SMILES string of the molecule is Cc1ccccc1CC(=O)OCC(=O)Nc1cccc2c1C(=O)c1ccccc1C2=O. The van der Waals surface area contributed by atoms with Crippen molar-refractivity contribution in [3.63, 3.8) is 0 Å². The van der Waals surface area contributed by atoms with E-state index in [-0.39, 0.29) is 34.8 Å². The number of carbonyl (C=O) groups excluding carboxylic acids is 4. The Hall–Kier alpha value is -4.06. The first-order valence-corrected chi connectivity index (χ1v) is 9.77. The summed E-state index contributed by atoms with van der Waals surface area (Å²) in [6.45, 7) is 1.40. The van der Waals surface area contributed by atoms with E-state index in [2.05, 4.69) is 5.32 Å². The van der Waals surface area contributed by atoms with Gasteiger partial charge in [0.15, 0.2) is 18.2 Å². The van der Waals surface area contributed by atoms with E-state index in [4.69, 9.17) is 4.74 Å². The number of benzene rings is 3. The summed E-state index contributed by atoms with van der Waals surface area (Å²) >= 11 is 0. The smallest absolute Gasteiger partial charge is 0.310 e. The molecule has 0 radical (unpaired) electrons. The molecule has 3 aromatic carbocycles. The van der Waals surface area contributed by atoms with Crippen LogP contribution in [0, 0.1) is 6.92 Å². The summed E-state index contributed by atoms with van der Waals surface area (Å²) in [4.78, 5) is 50.2. The Balaban J connectivity index is 1.46. The molecular weight excluding hydrogens is 394 g/mol. The Bertz CT molecular complexity index is 1230. The Kier molecular flexibility index (Phi) is 5.45. The molecule has 1 aliphatic rings. The van der Waals surface area contributed by atoms with Crippen LogP contribution >= 0.6 is 0 Å². The molecular formula is C25H19NO5. The highest BCUT2D eigenvalue weighted by Crippen LogP contribution is 2.31. The van der Waals surface area contributed by atoms with E-state index < -0.39 is 18.5 Å². The van der Waals surface area contributed by atoms with Crippen LogP contribution in [0.4, 0.5) is 5.69 Å². The fourth-order valence-corrected chi connectivity index (χ4v) is 3.60. The zero-order valence-electron chi connectivity index (χ0n) is 16.8. The lowest BCUT2D eigenvalue weighted by atomic mass is 9.83. The second-order valence-corrected chi connectivity index (χ2v) is 7.24. The van der Waals surface area contributed by atoms with Gasteiger partial charge in [-0.05, 0) is 24.1 Å². The van der Waals surface area contributed by atoms with Crippen LogP contribution in [-0.2, 0) is 20.7 Å². The topological polar surface area (TPSA) is 89.5 Å². The fraction of sp³-hybridized carbons (Fsp3) is 0.120. The molecule has 0 heterocycles. The number of hydrogen-bond donors (Lipinski definition) is 1. The van der Waals surface area contributed by atoms with Gasteiger partial charge in [-0.1, -0.05) is 60.7 Å². The normalized spacial score (nSPS) is 12.0. The Labute approximate surface area is 178 Å². The van der Waals surface area contributed by atoms with Crippen molar-refractivity contribution in [2.45, 2.75) is 13.3 Å². The van der Waals surface area contributed by atoms with Crippen molar-refractivity contribution >= 4 is 29.1 Å². The average molecular weight is 413 g/mol. The van der Waals surface area contributed by atoms with Gasteiger partial charge in [0.2, 0.25) is 0 Å². The lowest BCUT2D eigenvalue weighted by Crippen LogP contribution is -2.26. The van der Waals surface area contributed by atoms with E-state index >= 15 is 0 Å². The van der Waals surface area contributed by atoms with Gasteiger partial charge in [-0.25, -0.2) is 0 Å². The number of esters is 1. The highest BCUT2D eigenvalue weighted by atomic mass is 16.5. The number of hydrogen-bond acceptors (Lipinski definition) is 5. The first-order chi connectivity index (χ1) is 15.0. The van der Waals surface area contributed by atoms with Gasteiger partial charge in [-0.3, -0.25) is 19.2 Å². The van der Waals surface area contributed by atoms with Crippen LogP contribution in [0.25, 0.3) is 0 Å². The molecule has 31 heavy (non-hydrogen) atoms. The van der Waals surface area contributed by atoms with Crippen molar-refractivity contribution in [2.24, 2.45) is 0 Å². The third-order valence-electron chi connectivity index (χ3n) is 5.19. The van der Waals surface area contributed by atoms with Crippen molar-refractivity contribution in [3.05, 3.63) is 100 Å². The van der Waals surface area contributed by atoms with Crippen molar-refractivity contribution < 1.29 is 23.9 Å². The maximum Gasteiger partial charge on any atom is 0.310 e. The van der Waals surface area contributed by atoms with Gasteiger partial charge in [0, 0.05) is 16.7 Å². The molecule has 0 aliphatic heterocycles. The van der Waals surface area contributed by atoms with Crippen LogP contribution in [0.15, 0.2) is 66.7 Å². The largest absolute Gasteiger partial charge is 0.455 e. The second-order valence-electron chi connectivity index (χ2n) is 7.24. The monoisotopic (exact) mass is 413 g/mol. The van der Waals surface area contributed by atoms with Crippen LogP contribution in [-0.4, -0.2) is 30.0 Å². The summed E-state index contributed by atoms with van der Waals surface area (Å²) in [6, 6.07) is 18.7. The molecule has 0 unspecified atom stereocenters. The van der Waals surface area contributed by atoms with Crippen LogP contribution in [0.3, 0.4) is 0 Å². The molecule has 0 aromatic heterocycles. The van der Waals surface area contributed by atoms with Gasteiger partial charge in [-0.2, -0.15) is 0 Å². The average Bonchev–Trinajstić information content (AvgIpc) is 2.77. The van der Waals surface area contributed by atoms with E-state index in [1.54, 1.807) is 42.5 Å². The second kappa shape index (κ2) is 8.36. The van der Waals surface area contributed by atoms with Crippen molar-refractivity contribution in [2.75, 3.05) is 11.9 Å². The number of amides is 1. The van der Waals surface area contributed by atoms with Gasteiger partial charge in [0.05, 0.1) is 17.7 Å². The van der Waals surface area contributed by atoms with E-state index in [0.29, 0.717) is 11.1 Å². The molecule has 0 saturated carbocycles. The number of fused-ring (bicyclic) bond motifs is 2. The third-order valence-corrected chi connectivity index (χ3v) is 5.19. The Morgan fingerprint density at radius 2 is 1.45 bits per heavy atom. The van der Waals surface area contributed by atoms with Crippen LogP contribution in [0.5, 0.6) is 0 Å². The highest BCUT2D eigenvalue weighted by molar-refractivity contribution is 6.30. The van der Waals surface area contributed by atoms with E-state index in [1.807, 2.05) is 31.2 Å². The quantitative estimate of drug-likeness (QED) is 0.506. The number of aryl methyl sites for hydroxylation is 1. The first kappa shape index (κ1) is 20.2. The van der Waals surface area contributed by atoms with Crippen LogP contribution < -0.4 is 5.32 Å². The summed E-state index contributed by atoms with van der Waals surface area (Å²) in [7, 11) is 0. The Morgan fingerprint density at radius 1 is 0.806 bits per heavy atom. The van der Waals surface area contributed by atoms with E-state index in [0.717, 1.165) is 11.1 Å². The predicted molar refractivity (Wildman–Crippen MR) is 114 cm³/mol. The Morgan fingerprint density at radius 3 is 2.19 bits per heavy atom. The minimum atomic E-state index is -0.592. The summed E-state index contributed by atoms with van der Waals surface area (Å²) in [5.74, 6) is -1.73. The molecule has 6 heteroatoms. The fourth-order valence-electron chi connectivity index (χ4n) is 3.60. The van der Waals surface area contributed by atoms with Gasteiger partial charge >= 0.3 is 5.97 Å². The third kappa shape index (κ3) is 4.00. The maximum atomic E-state index is 13.0. The first-order valence-electron chi connectivity index (χ1n) is 9.77. The lowest BCUT2D eigenvalue weighted by molar-refractivity contribution is -0.146. The number of ether oxygens (including phenoxy) is 1. The molecule has 6 nitrogen and oxygen atoms in total. The van der Waals surface area contributed by atoms with E-state index in [1.165, 1.54) is 0 Å². The molecule has 0 atom stereocenters. The minimum absolute atomic E-state index is 0.0600. The van der Waals surface area contributed by atoms with Crippen LogP contribution in [0.1, 0.15) is 43.0 Å². The standard InChI is InChI=1S/C25H19NO5/c1-15-7-2-3-8-16(15)13-22(28)31-14-21(27)26-20-12-6-11-19-23(20)25(30)18-10-5-4-9-17(18)24(19)29/h2-12H,13-14H2,1H3,(H,26,27). The molecule has 4 rings (SSSR count). The molecule has 154 valence electrons. The number of nitrogens with one attached hydrogen (secondary N) is 1. The van der Waals surface area contributed by atoms with Gasteiger partial charge < -0.3 is 10.1 Å². The van der Waals surface area contributed by atoms with Crippen molar-refractivity contribution in [1.29, 1.82) is 0 Å². The van der Waals surface area contributed by atoms with Crippen molar-refractivity contribution in [1.82, 2.24) is 0 Å². The zero-order valence-corrected chi connectivity index (χ0v) is 16.8. The van der Waals surface area contributed by atoms with Gasteiger partial charge in [0.25, 0.3) is 5.91 Å². The number of carbonyl (C=O) groups is 4. The predicted octanol–water partition coefficient (Wildman–Crippen LogP) is 3.49. The summed E-state index contributed by atoms with van der Waals surface area (Å²) < 4.78 is 5.08. The maximum absolute atomic E-state index is 13.0. The summed E-state index contributed by atoms with van der Waals surface area (Å²) in [6.07, 6.45) is 0.0600. The molecule has 1 N–H and O–H groups in total. The number of anilines is 1. The van der Waals surface area contributed by atoms with Gasteiger partial charge in [-0.15, -0.1) is 0 Å².